The molecule has 0 fully saturated rings. The molecule has 0 saturated heterocycles. The molecule has 3 aromatic carbocycles. The summed E-state index contributed by atoms with van der Waals surface area (Å²) in [6.07, 6.45) is 0.864. The van der Waals surface area contributed by atoms with Crippen molar-refractivity contribution >= 4 is 0 Å². The Labute approximate surface area is 137 Å². The van der Waals surface area contributed by atoms with Crippen LogP contribution in [0.4, 0.5) is 0 Å². The number of benzene rings is 3. The van der Waals surface area contributed by atoms with Gasteiger partial charge in [0.1, 0.15) is 12.4 Å². The Hall–Kier alpha value is -2.58. The van der Waals surface area contributed by atoms with Gasteiger partial charge in [0.15, 0.2) is 0 Å². The van der Waals surface area contributed by atoms with Crippen LogP contribution in [0.15, 0.2) is 78.9 Å². The van der Waals surface area contributed by atoms with Crippen molar-refractivity contribution in [3.05, 3.63) is 90.0 Å². The number of hydrogen-bond acceptors (Lipinski definition) is 2. The third-order valence-corrected chi connectivity index (χ3v) is 3.85. The van der Waals surface area contributed by atoms with E-state index in [1.54, 1.807) is 0 Å². The molecule has 0 heterocycles. The van der Waals surface area contributed by atoms with Crippen LogP contribution in [0.5, 0.6) is 5.75 Å². The van der Waals surface area contributed by atoms with Gasteiger partial charge in [0.25, 0.3) is 0 Å². The lowest BCUT2D eigenvalue weighted by atomic mass is 9.97. The first-order valence-electron chi connectivity index (χ1n) is 7.92. The highest BCUT2D eigenvalue weighted by atomic mass is 16.5. The molecule has 0 bridgehead atoms. The highest BCUT2D eigenvalue weighted by Crippen LogP contribution is 2.32. The summed E-state index contributed by atoms with van der Waals surface area (Å²) < 4.78 is 6.08. The maximum Gasteiger partial charge on any atom is 0.127 e. The smallest absolute Gasteiger partial charge is 0.127 e. The summed E-state index contributed by atoms with van der Waals surface area (Å²) in [5, 5.41) is 0. The molecule has 0 aliphatic carbocycles. The molecule has 23 heavy (non-hydrogen) atoms. The Balaban J connectivity index is 1.89. The maximum absolute atomic E-state index is 6.08. The van der Waals surface area contributed by atoms with Crippen molar-refractivity contribution in [2.45, 2.75) is 13.0 Å². The number of rotatable bonds is 6. The van der Waals surface area contributed by atoms with Gasteiger partial charge in [0.2, 0.25) is 0 Å². The molecule has 2 nitrogen and oxygen atoms in total. The monoisotopic (exact) mass is 303 g/mol. The molecule has 0 saturated carbocycles. The number of nitrogens with two attached hydrogens (primary N) is 1. The molecule has 116 valence electrons. The van der Waals surface area contributed by atoms with Crippen molar-refractivity contribution in [1.29, 1.82) is 0 Å². The molecule has 0 amide bonds. The minimum atomic E-state index is 0.566. The Morgan fingerprint density at radius 3 is 2.13 bits per heavy atom. The van der Waals surface area contributed by atoms with E-state index in [1.807, 2.05) is 36.4 Å². The van der Waals surface area contributed by atoms with Crippen LogP contribution in [-0.4, -0.2) is 6.54 Å². The van der Waals surface area contributed by atoms with E-state index < -0.39 is 0 Å². The van der Waals surface area contributed by atoms with Crippen LogP contribution in [0, 0.1) is 0 Å². The maximum atomic E-state index is 6.08. The molecule has 0 aliphatic heterocycles. The van der Waals surface area contributed by atoms with Crippen molar-refractivity contribution in [2.75, 3.05) is 6.54 Å². The van der Waals surface area contributed by atoms with E-state index in [2.05, 4.69) is 42.5 Å². The average Bonchev–Trinajstić information content (AvgIpc) is 2.62. The zero-order chi connectivity index (χ0) is 15.9. The zero-order valence-corrected chi connectivity index (χ0v) is 13.1. The number of para-hydroxylation sites is 1. The van der Waals surface area contributed by atoms with Gasteiger partial charge < -0.3 is 10.5 Å². The van der Waals surface area contributed by atoms with Gasteiger partial charge in [0.05, 0.1) is 0 Å². The van der Waals surface area contributed by atoms with E-state index >= 15 is 0 Å². The van der Waals surface area contributed by atoms with E-state index in [0.717, 1.165) is 23.3 Å². The van der Waals surface area contributed by atoms with Crippen LogP contribution in [0.1, 0.15) is 11.1 Å². The van der Waals surface area contributed by atoms with Crippen LogP contribution in [-0.2, 0) is 13.0 Å². The van der Waals surface area contributed by atoms with E-state index in [1.165, 1.54) is 11.1 Å². The van der Waals surface area contributed by atoms with Gasteiger partial charge in [-0.05, 0) is 35.7 Å². The highest BCUT2D eigenvalue weighted by molar-refractivity contribution is 5.73. The lowest BCUT2D eigenvalue weighted by Crippen LogP contribution is -2.04. The topological polar surface area (TPSA) is 35.2 Å². The summed E-state index contributed by atoms with van der Waals surface area (Å²) in [5.74, 6) is 0.904. The molecule has 0 spiro atoms. The second kappa shape index (κ2) is 7.61. The molecule has 3 aromatic rings. The minimum Gasteiger partial charge on any atom is -0.488 e. The number of hydrogen-bond donors (Lipinski definition) is 1. The Kier molecular flexibility index (Phi) is 5.07. The van der Waals surface area contributed by atoms with Gasteiger partial charge >= 0.3 is 0 Å². The lowest BCUT2D eigenvalue weighted by molar-refractivity contribution is 0.307. The molecule has 2 heteroatoms. The second-order valence-electron chi connectivity index (χ2n) is 5.47. The zero-order valence-electron chi connectivity index (χ0n) is 13.1. The van der Waals surface area contributed by atoms with Crippen molar-refractivity contribution in [3.8, 4) is 16.9 Å². The Morgan fingerprint density at radius 2 is 1.35 bits per heavy atom. The van der Waals surface area contributed by atoms with E-state index in [-0.39, 0.29) is 0 Å². The summed E-state index contributed by atoms with van der Waals surface area (Å²) in [4.78, 5) is 0. The van der Waals surface area contributed by atoms with Crippen LogP contribution < -0.4 is 10.5 Å². The van der Waals surface area contributed by atoms with Gasteiger partial charge in [-0.2, -0.15) is 0 Å². The van der Waals surface area contributed by atoms with Crippen LogP contribution in [0.3, 0.4) is 0 Å². The molecule has 0 atom stereocenters. The predicted molar refractivity (Wildman–Crippen MR) is 95.4 cm³/mol. The Bertz CT molecular complexity index is 753. The molecule has 0 unspecified atom stereocenters. The van der Waals surface area contributed by atoms with Crippen molar-refractivity contribution in [2.24, 2.45) is 5.73 Å². The first kappa shape index (κ1) is 15.3. The first-order chi connectivity index (χ1) is 11.4. The van der Waals surface area contributed by atoms with Gasteiger partial charge in [-0.15, -0.1) is 0 Å². The fraction of sp³-hybridized carbons (Fsp3) is 0.143. The van der Waals surface area contributed by atoms with Gasteiger partial charge in [-0.25, -0.2) is 0 Å². The average molecular weight is 303 g/mol. The number of ether oxygens (including phenoxy) is 1. The SMILES string of the molecule is NCCc1ccccc1-c1ccccc1OCc1ccccc1. The van der Waals surface area contributed by atoms with E-state index in [0.29, 0.717) is 13.2 Å². The summed E-state index contributed by atoms with van der Waals surface area (Å²) in [7, 11) is 0. The van der Waals surface area contributed by atoms with Crippen LogP contribution in [0.2, 0.25) is 0 Å². The third kappa shape index (κ3) is 3.79. The van der Waals surface area contributed by atoms with Gasteiger partial charge in [0, 0.05) is 5.56 Å². The van der Waals surface area contributed by atoms with Crippen LogP contribution in [0.25, 0.3) is 11.1 Å². The highest BCUT2D eigenvalue weighted by Gasteiger charge is 2.09. The van der Waals surface area contributed by atoms with Crippen LogP contribution >= 0.6 is 0 Å². The predicted octanol–water partition coefficient (Wildman–Crippen LogP) is 4.43. The third-order valence-electron chi connectivity index (χ3n) is 3.85. The molecular weight excluding hydrogens is 282 g/mol. The summed E-state index contributed by atoms with van der Waals surface area (Å²) >= 11 is 0. The standard InChI is InChI=1S/C21H21NO/c22-15-14-18-10-4-5-11-19(18)20-12-6-7-13-21(20)23-16-17-8-2-1-3-9-17/h1-13H,14-16,22H2. The molecule has 3 rings (SSSR count). The fourth-order valence-corrected chi connectivity index (χ4v) is 2.71. The largest absolute Gasteiger partial charge is 0.488 e. The van der Waals surface area contributed by atoms with Crippen molar-refractivity contribution in [3.63, 3.8) is 0 Å². The fourth-order valence-electron chi connectivity index (χ4n) is 2.71. The van der Waals surface area contributed by atoms with E-state index in [4.69, 9.17) is 10.5 Å². The van der Waals surface area contributed by atoms with Gasteiger partial charge in [-0.3, -0.25) is 0 Å². The van der Waals surface area contributed by atoms with Crippen molar-refractivity contribution in [1.82, 2.24) is 0 Å². The second-order valence-corrected chi connectivity index (χ2v) is 5.47. The molecule has 0 aromatic heterocycles. The molecule has 0 radical (unpaired) electrons. The summed E-state index contributed by atoms with van der Waals surface area (Å²) in [5.41, 5.74) is 10.5. The lowest BCUT2D eigenvalue weighted by Gasteiger charge is -2.14. The first-order valence-corrected chi connectivity index (χ1v) is 7.92. The normalized spacial score (nSPS) is 10.5. The quantitative estimate of drug-likeness (QED) is 0.731. The molecule has 2 N–H and O–H groups in total. The molecular formula is C21H21NO. The van der Waals surface area contributed by atoms with E-state index in [9.17, 15) is 0 Å². The molecule has 0 aliphatic rings. The van der Waals surface area contributed by atoms with Crippen molar-refractivity contribution < 1.29 is 4.74 Å². The summed E-state index contributed by atoms with van der Waals surface area (Å²) in [6.45, 7) is 1.21. The van der Waals surface area contributed by atoms with Gasteiger partial charge in [-0.1, -0.05) is 72.8 Å². The summed E-state index contributed by atoms with van der Waals surface area (Å²) in [6, 6.07) is 26.8. The minimum absolute atomic E-state index is 0.566. The Morgan fingerprint density at radius 1 is 0.696 bits per heavy atom.